The highest BCUT2D eigenvalue weighted by Gasteiger charge is 2.25. The maximum atomic E-state index is 13.2. The minimum absolute atomic E-state index is 0.0556. The Labute approximate surface area is 106 Å². The number of rotatable bonds is 5. The summed E-state index contributed by atoms with van der Waals surface area (Å²) in [7, 11) is 2.05. The second-order valence-electron chi connectivity index (χ2n) is 4.70. The van der Waals surface area contributed by atoms with E-state index < -0.39 is 5.82 Å². The molecule has 0 spiro atoms. The summed E-state index contributed by atoms with van der Waals surface area (Å²) in [5.74, 6) is -0.823. The molecule has 1 fully saturated rings. The van der Waals surface area contributed by atoms with Gasteiger partial charge in [0.15, 0.2) is 0 Å². The summed E-state index contributed by atoms with van der Waals surface area (Å²) in [5.41, 5.74) is 5.71. The topological polar surface area (TPSA) is 58.4 Å². The number of hydrogen-bond acceptors (Lipinski definition) is 3. The number of anilines is 1. The van der Waals surface area contributed by atoms with Crippen molar-refractivity contribution in [1.29, 1.82) is 0 Å². The van der Waals surface area contributed by atoms with Crippen molar-refractivity contribution in [2.75, 3.05) is 25.9 Å². The van der Waals surface area contributed by atoms with Crippen LogP contribution in [0.1, 0.15) is 23.2 Å². The maximum absolute atomic E-state index is 13.2. The van der Waals surface area contributed by atoms with Crippen molar-refractivity contribution in [2.45, 2.75) is 18.9 Å². The average molecular weight is 251 g/mol. The highest BCUT2D eigenvalue weighted by atomic mass is 19.1. The fourth-order valence-corrected chi connectivity index (χ4v) is 1.81. The van der Waals surface area contributed by atoms with Crippen LogP contribution in [-0.2, 0) is 0 Å². The molecule has 0 unspecified atom stereocenters. The van der Waals surface area contributed by atoms with E-state index in [1.54, 1.807) is 0 Å². The smallest absolute Gasteiger partial charge is 0.251 e. The molecule has 0 aliphatic heterocycles. The largest absolute Gasteiger partial charge is 0.396 e. The van der Waals surface area contributed by atoms with Crippen LogP contribution in [0.25, 0.3) is 0 Å². The van der Waals surface area contributed by atoms with E-state index in [1.165, 1.54) is 25.0 Å². The fraction of sp³-hybridized carbons (Fsp3) is 0.462. The molecule has 1 aromatic rings. The number of halogens is 1. The van der Waals surface area contributed by atoms with Crippen molar-refractivity contribution in [3.05, 3.63) is 29.6 Å². The molecule has 1 aliphatic rings. The first-order chi connectivity index (χ1) is 8.58. The summed E-state index contributed by atoms with van der Waals surface area (Å²) in [6.45, 7) is 1.38. The van der Waals surface area contributed by atoms with Crippen LogP contribution in [0.4, 0.5) is 10.1 Å². The number of amides is 1. The second kappa shape index (κ2) is 5.35. The lowest BCUT2D eigenvalue weighted by molar-refractivity contribution is 0.0949. The molecule has 2 rings (SSSR count). The third-order valence-corrected chi connectivity index (χ3v) is 3.18. The standard InChI is InChI=1S/C13H18FN3O/c1-17(10-3-4-10)7-6-16-13(18)9-2-5-12(15)11(14)8-9/h2,5,8,10H,3-4,6-7,15H2,1H3,(H,16,18). The highest BCUT2D eigenvalue weighted by molar-refractivity contribution is 5.94. The molecular formula is C13H18FN3O. The van der Waals surface area contributed by atoms with Gasteiger partial charge in [0.2, 0.25) is 0 Å². The lowest BCUT2D eigenvalue weighted by Gasteiger charge is -2.15. The van der Waals surface area contributed by atoms with Crippen LogP contribution in [0.5, 0.6) is 0 Å². The average Bonchev–Trinajstić information content (AvgIpc) is 3.16. The molecule has 1 aromatic carbocycles. The molecule has 0 heterocycles. The van der Waals surface area contributed by atoms with Crippen LogP contribution < -0.4 is 11.1 Å². The molecule has 1 amide bonds. The minimum atomic E-state index is -0.558. The van der Waals surface area contributed by atoms with E-state index in [0.29, 0.717) is 18.2 Å². The van der Waals surface area contributed by atoms with E-state index in [9.17, 15) is 9.18 Å². The van der Waals surface area contributed by atoms with E-state index in [1.807, 2.05) is 7.05 Å². The maximum Gasteiger partial charge on any atom is 0.251 e. The zero-order chi connectivity index (χ0) is 13.1. The van der Waals surface area contributed by atoms with Crippen molar-refractivity contribution >= 4 is 11.6 Å². The zero-order valence-corrected chi connectivity index (χ0v) is 10.4. The van der Waals surface area contributed by atoms with Crippen LogP contribution in [0.2, 0.25) is 0 Å². The quantitative estimate of drug-likeness (QED) is 0.774. The van der Waals surface area contributed by atoms with Gasteiger partial charge in [0.1, 0.15) is 5.82 Å². The van der Waals surface area contributed by atoms with Gasteiger partial charge >= 0.3 is 0 Å². The molecule has 4 nitrogen and oxygen atoms in total. The van der Waals surface area contributed by atoms with E-state index in [-0.39, 0.29) is 11.6 Å². The van der Waals surface area contributed by atoms with Gasteiger partial charge in [0.25, 0.3) is 5.91 Å². The van der Waals surface area contributed by atoms with E-state index in [2.05, 4.69) is 10.2 Å². The Morgan fingerprint density at radius 3 is 2.89 bits per heavy atom. The van der Waals surface area contributed by atoms with Gasteiger partial charge in [-0.05, 0) is 38.1 Å². The first-order valence-electron chi connectivity index (χ1n) is 6.11. The number of nitrogens with zero attached hydrogens (tertiary/aromatic N) is 1. The Hall–Kier alpha value is -1.62. The SMILES string of the molecule is CN(CCNC(=O)c1ccc(N)c(F)c1)C1CC1. The second-order valence-corrected chi connectivity index (χ2v) is 4.70. The number of nitrogens with one attached hydrogen (secondary N) is 1. The molecular weight excluding hydrogens is 233 g/mol. The number of benzene rings is 1. The van der Waals surface area contributed by atoms with Crippen molar-refractivity contribution in [2.24, 2.45) is 0 Å². The normalized spacial score (nSPS) is 14.8. The van der Waals surface area contributed by atoms with Gasteiger partial charge in [-0.25, -0.2) is 4.39 Å². The Kier molecular flexibility index (Phi) is 3.81. The van der Waals surface area contributed by atoms with Crippen LogP contribution >= 0.6 is 0 Å². The lowest BCUT2D eigenvalue weighted by Crippen LogP contribution is -2.34. The summed E-state index contributed by atoms with van der Waals surface area (Å²) >= 11 is 0. The predicted octanol–water partition coefficient (Wildman–Crippen LogP) is 1.23. The number of carbonyl (C=O) groups is 1. The highest BCUT2D eigenvalue weighted by Crippen LogP contribution is 2.24. The zero-order valence-electron chi connectivity index (χ0n) is 10.4. The molecule has 1 aliphatic carbocycles. The molecule has 0 saturated heterocycles. The summed E-state index contributed by atoms with van der Waals surface area (Å²) in [6.07, 6.45) is 2.49. The molecule has 0 aromatic heterocycles. The molecule has 5 heteroatoms. The summed E-state index contributed by atoms with van der Waals surface area (Å²) in [6, 6.07) is 4.77. The van der Waals surface area contributed by atoms with Crippen LogP contribution in [0.3, 0.4) is 0 Å². The van der Waals surface area contributed by atoms with Crippen molar-refractivity contribution in [1.82, 2.24) is 10.2 Å². The van der Waals surface area contributed by atoms with Gasteiger partial charge in [-0.1, -0.05) is 0 Å². The van der Waals surface area contributed by atoms with Crippen molar-refractivity contribution in [3.63, 3.8) is 0 Å². The van der Waals surface area contributed by atoms with E-state index >= 15 is 0 Å². The predicted molar refractivity (Wildman–Crippen MR) is 68.8 cm³/mol. The summed E-state index contributed by atoms with van der Waals surface area (Å²) in [5, 5.41) is 2.77. The van der Waals surface area contributed by atoms with Crippen molar-refractivity contribution in [3.8, 4) is 0 Å². The van der Waals surface area contributed by atoms with Gasteiger partial charge in [-0.3, -0.25) is 4.79 Å². The number of carbonyl (C=O) groups excluding carboxylic acids is 1. The molecule has 0 bridgehead atoms. The molecule has 3 N–H and O–H groups in total. The first kappa shape index (κ1) is 12.8. The van der Waals surface area contributed by atoms with Gasteiger partial charge in [-0.15, -0.1) is 0 Å². The summed E-state index contributed by atoms with van der Waals surface area (Å²) < 4.78 is 13.2. The molecule has 98 valence electrons. The number of nitrogen functional groups attached to an aromatic ring is 1. The van der Waals surface area contributed by atoms with E-state index in [4.69, 9.17) is 5.73 Å². The van der Waals surface area contributed by atoms with Gasteiger partial charge < -0.3 is 16.0 Å². The van der Waals surface area contributed by atoms with Gasteiger partial charge in [0.05, 0.1) is 5.69 Å². The summed E-state index contributed by atoms with van der Waals surface area (Å²) in [4.78, 5) is 14.0. The Balaban J connectivity index is 1.81. The number of likely N-dealkylation sites (N-methyl/N-ethyl adjacent to an activating group) is 1. The number of nitrogens with two attached hydrogens (primary N) is 1. The first-order valence-corrected chi connectivity index (χ1v) is 6.11. The third-order valence-electron chi connectivity index (χ3n) is 3.18. The fourth-order valence-electron chi connectivity index (χ4n) is 1.81. The molecule has 0 atom stereocenters. The molecule has 0 radical (unpaired) electrons. The van der Waals surface area contributed by atoms with Crippen LogP contribution in [0, 0.1) is 5.82 Å². The Morgan fingerprint density at radius 1 is 1.56 bits per heavy atom. The molecule has 1 saturated carbocycles. The lowest BCUT2D eigenvalue weighted by atomic mass is 10.2. The van der Waals surface area contributed by atoms with Crippen molar-refractivity contribution < 1.29 is 9.18 Å². The Morgan fingerprint density at radius 2 is 2.28 bits per heavy atom. The van der Waals surface area contributed by atoms with E-state index in [0.717, 1.165) is 12.6 Å². The minimum Gasteiger partial charge on any atom is -0.396 e. The van der Waals surface area contributed by atoms with Gasteiger partial charge in [0, 0.05) is 24.7 Å². The van der Waals surface area contributed by atoms with Gasteiger partial charge in [-0.2, -0.15) is 0 Å². The third kappa shape index (κ3) is 3.20. The van der Waals surface area contributed by atoms with Crippen LogP contribution in [0.15, 0.2) is 18.2 Å². The molecule has 18 heavy (non-hydrogen) atoms. The number of hydrogen-bond donors (Lipinski definition) is 2. The Bertz CT molecular complexity index is 446. The monoisotopic (exact) mass is 251 g/mol. The van der Waals surface area contributed by atoms with Crippen LogP contribution in [-0.4, -0.2) is 37.0 Å².